The molecule has 0 radical (unpaired) electrons. The highest BCUT2D eigenvalue weighted by Gasteiger charge is 2.33. The first kappa shape index (κ1) is 36.1. The van der Waals surface area contributed by atoms with E-state index in [1.165, 1.54) is 4.90 Å². The van der Waals surface area contributed by atoms with Crippen molar-refractivity contribution in [3.8, 4) is 0 Å². The highest BCUT2D eigenvalue weighted by molar-refractivity contribution is 5.92. The van der Waals surface area contributed by atoms with Crippen molar-refractivity contribution in [1.82, 2.24) is 15.1 Å². The molecule has 0 saturated carbocycles. The smallest absolute Gasteiger partial charge is 0.411 e. The van der Waals surface area contributed by atoms with E-state index >= 15 is 0 Å². The number of fused-ring (bicyclic) bond motifs is 3. The molecule has 0 saturated heterocycles. The number of amides is 3. The van der Waals surface area contributed by atoms with Crippen LogP contribution in [0.5, 0.6) is 0 Å². The minimum atomic E-state index is -0.787. The minimum Gasteiger partial charge on any atom is -0.444 e. The first-order valence-electron chi connectivity index (χ1n) is 17.9. The molecule has 0 aliphatic carbocycles. The van der Waals surface area contributed by atoms with Crippen LogP contribution < -0.4 is 5.32 Å². The predicted octanol–water partition coefficient (Wildman–Crippen LogP) is 9.91. The monoisotopic (exact) mass is 693 g/mol. The van der Waals surface area contributed by atoms with Crippen molar-refractivity contribution < 1.29 is 19.1 Å². The van der Waals surface area contributed by atoms with E-state index in [0.29, 0.717) is 0 Å². The zero-order chi connectivity index (χ0) is 37.0. The van der Waals surface area contributed by atoms with Gasteiger partial charge in [0.2, 0.25) is 11.8 Å². The quantitative estimate of drug-likeness (QED) is 0.155. The van der Waals surface area contributed by atoms with Gasteiger partial charge >= 0.3 is 6.09 Å². The van der Waals surface area contributed by atoms with Crippen LogP contribution in [0.1, 0.15) is 76.4 Å². The average molecular weight is 694 g/mol. The second kappa shape index (κ2) is 15.3. The van der Waals surface area contributed by atoms with Crippen LogP contribution in [-0.2, 0) is 14.3 Å². The second-order valence-corrected chi connectivity index (χ2v) is 14.5. The summed E-state index contributed by atoms with van der Waals surface area (Å²) in [6.07, 6.45) is -0.604. The van der Waals surface area contributed by atoms with Crippen molar-refractivity contribution in [2.75, 3.05) is 13.1 Å². The molecule has 0 aliphatic rings. The molecule has 0 bridgehead atoms. The lowest BCUT2D eigenvalue weighted by atomic mass is 9.97. The SMILES string of the molecule is C[C@H](NC(=O)CN(C(=O)CN(C(=O)OC(C)(C)C)[C@@H](C)c1cccc2ccccc12)[C@H](C)c1cccc2ccccc12)c1cccc2ccccc12. The lowest BCUT2D eigenvalue weighted by Crippen LogP contribution is -2.49. The lowest BCUT2D eigenvalue weighted by molar-refractivity contribution is -0.139. The number of hydrogen-bond donors (Lipinski definition) is 1. The maximum absolute atomic E-state index is 14.7. The van der Waals surface area contributed by atoms with E-state index in [1.807, 2.05) is 157 Å². The van der Waals surface area contributed by atoms with E-state index < -0.39 is 23.8 Å². The molecule has 52 heavy (non-hydrogen) atoms. The number of benzene rings is 6. The van der Waals surface area contributed by atoms with Crippen LogP contribution in [-0.4, -0.2) is 46.4 Å². The van der Waals surface area contributed by atoms with Crippen LogP contribution in [0.3, 0.4) is 0 Å². The zero-order valence-corrected chi connectivity index (χ0v) is 30.8. The molecule has 0 aliphatic heterocycles. The molecular formula is C45H47N3O4. The van der Waals surface area contributed by atoms with Crippen molar-refractivity contribution in [2.45, 2.75) is 65.3 Å². The Morgan fingerprint density at radius 1 is 0.558 bits per heavy atom. The number of carbonyl (C=O) groups excluding carboxylic acids is 3. The Hall–Kier alpha value is -5.69. The Morgan fingerprint density at radius 2 is 0.962 bits per heavy atom. The van der Waals surface area contributed by atoms with Crippen LogP contribution in [0.15, 0.2) is 127 Å². The highest BCUT2D eigenvalue weighted by Crippen LogP contribution is 2.32. The molecule has 3 amide bonds. The summed E-state index contributed by atoms with van der Waals surface area (Å²) in [5.41, 5.74) is 2.01. The molecular weight excluding hydrogens is 647 g/mol. The lowest BCUT2D eigenvalue weighted by Gasteiger charge is -2.35. The Bertz CT molecular complexity index is 2220. The van der Waals surface area contributed by atoms with E-state index in [0.717, 1.165) is 49.0 Å². The Balaban J connectivity index is 1.35. The van der Waals surface area contributed by atoms with Crippen molar-refractivity contribution in [3.05, 3.63) is 144 Å². The summed E-state index contributed by atoms with van der Waals surface area (Å²) in [4.78, 5) is 45.7. The highest BCUT2D eigenvalue weighted by atomic mass is 16.6. The van der Waals surface area contributed by atoms with Gasteiger partial charge in [0, 0.05) is 0 Å². The van der Waals surface area contributed by atoms with Gasteiger partial charge < -0.3 is 15.0 Å². The molecule has 0 unspecified atom stereocenters. The number of ether oxygens (including phenoxy) is 1. The van der Waals surface area contributed by atoms with Gasteiger partial charge in [-0.05, 0) is 90.6 Å². The number of rotatable bonds is 10. The molecule has 266 valence electrons. The van der Waals surface area contributed by atoms with Gasteiger partial charge in [-0.1, -0.05) is 127 Å². The topological polar surface area (TPSA) is 79.0 Å². The summed E-state index contributed by atoms with van der Waals surface area (Å²) in [6, 6.07) is 40.8. The van der Waals surface area contributed by atoms with Gasteiger partial charge in [-0.2, -0.15) is 0 Å². The van der Waals surface area contributed by atoms with E-state index in [4.69, 9.17) is 4.74 Å². The Labute approximate surface area is 306 Å². The fourth-order valence-corrected chi connectivity index (χ4v) is 7.07. The van der Waals surface area contributed by atoms with Gasteiger partial charge in [-0.3, -0.25) is 14.5 Å². The third-order valence-corrected chi connectivity index (χ3v) is 9.72. The molecule has 0 spiro atoms. The maximum atomic E-state index is 14.7. The van der Waals surface area contributed by atoms with Crippen LogP contribution >= 0.6 is 0 Å². The van der Waals surface area contributed by atoms with Crippen LogP contribution in [0.2, 0.25) is 0 Å². The normalized spacial score (nSPS) is 13.3. The average Bonchev–Trinajstić information content (AvgIpc) is 3.13. The third-order valence-electron chi connectivity index (χ3n) is 9.72. The summed E-state index contributed by atoms with van der Waals surface area (Å²) in [6.45, 7) is 10.7. The standard InChI is InChI=1S/C45H47N3O4/c1-30(36-25-13-19-33-16-7-10-22-39(33)36)46-42(49)28-47(31(2)37-26-14-20-34-17-8-11-23-40(34)37)43(50)29-48(44(51)52-45(4,5)6)32(3)38-27-15-21-35-18-9-12-24-41(35)38/h7-27,30-32H,28-29H2,1-6H3,(H,46,49)/t30-,31+,32-/m0/s1. The van der Waals surface area contributed by atoms with Gasteiger partial charge in [-0.15, -0.1) is 0 Å². The largest absolute Gasteiger partial charge is 0.444 e. The fourth-order valence-electron chi connectivity index (χ4n) is 7.07. The second-order valence-electron chi connectivity index (χ2n) is 14.5. The van der Waals surface area contributed by atoms with Crippen molar-refractivity contribution in [2.24, 2.45) is 0 Å². The number of nitrogens with zero attached hydrogens (tertiary/aromatic N) is 2. The molecule has 3 atom stereocenters. The number of carbonyl (C=O) groups is 3. The molecule has 6 rings (SSSR count). The molecule has 0 aromatic heterocycles. The molecule has 6 aromatic rings. The number of nitrogens with one attached hydrogen (secondary N) is 1. The summed E-state index contributed by atoms with van der Waals surface area (Å²) in [5.74, 6) is -0.668. The minimum absolute atomic E-state index is 0.205. The predicted molar refractivity (Wildman–Crippen MR) is 210 cm³/mol. The van der Waals surface area contributed by atoms with Gasteiger partial charge in [-0.25, -0.2) is 4.79 Å². The van der Waals surface area contributed by atoms with E-state index in [9.17, 15) is 14.4 Å². The van der Waals surface area contributed by atoms with Crippen molar-refractivity contribution in [3.63, 3.8) is 0 Å². The molecule has 7 heteroatoms. The summed E-state index contributed by atoms with van der Waals surface area (Å²) in [7, 11) is 0. The van der Waals surface area contributed by atoms with Gasteiger partial charge in [0.25, 0.3) is 0 Å². The van der Waals surface area contributed by atoms with Gasteiger partial charge in [0.1, 0.15) is 18.7 Å². The Kier molecular flexibility index (Phi) is 10.6. The molecule has 1 N–H and O–H groups in total. The molecule has 6 aromatic carbocycles. The summed E-state index contributed by atoms with van der Waals surface area (Å²) < 4.78 is 5.89. The molecule has 0 fully saturated rings. The van der Waals surface area contributed by atoms with Crippen molar-refractivity contribution >= 4 is 50.2 Å². The maximum Gasteiger partial charge on any atom is 0.411 e. The van der Waals surface area contributed by atoms with E-state index in [-0.39, 0.29) is 30.9 Å². The third kappa shape index (κ3) is 7.94. The van der Waals surface area contributed by atoms with Crippen LogP contribution in [0, 0.1) is 0 Å². The Morgan fingerprint density at radius 3 is 1.44 bits per heavy atom. The molecule has 0 heterocycles. The van der Waals surface area contributed by atoms with Crippen LogP contribution in [0.4, 0.5) is 4.79 Å². The summed E-state index contributed by atoms with van der Waals surface area (Å²) in [5, 5.41) is 9.35. The first-order valence-corrected chi connectivity index (χ1v) is 17.9. The fraction of sp³-hybridized carbons (Fsp3) is 0.267. The first-order chi connectivity index (χ1) is 24.9. The van der Waals surface area contributed by atoms with Crippen LogP contribution in [0.25, 0.3) is 32.3 Å². The van der Waals surface area contributed by atoms with E-state index in [2.05, 4.69) is 17.4 Å². The number of hydrogen-bond acceptors (Lipinski definition) is 4. The van der Waals surface area contributed by atoms with Gasteiger partial charge in [0.05, 0.1) is 18.1 Å². The van der Waals surface area contributed by atoms with Gasteiger partial charge in [0.15, 0.2) is 0 Å². The summed E-state index contributed by atoms with van der Waals surface area (Å²) >= 11 is 0. The van der Waals surface area contributed by atoms with E-state index in [1.54, 1.807) is 4.90 Å². The van der Waals surface area contributed by atoms with Crippen molar-refractivity contribution in [1.29, 1.82) is 0 Å². The zero-order valence-electron chi connectivity index (χ0n) is 30.8. The molecule has 7 nitrogen and oxygen atoms in total.